The summed E-state index contributed by atoms with van der Waals surface area (Å²) in [5, 5.41) is 2.30. The third-order valence-corrected chi connectivity index (χ3v) is 2.46. The number of nitrogens with one attached hydrogen (secondary N) is 1. The van der Waals surface area contributed by atoms with E-state index >= 15 is 0 Å². The van der Waals surface area contributed by atoms with E-state index in [-0.39, 0.29) is 11.9 Å². The summed E-state index contributed by atoms with van der Waals surface area (Å²) in [5.74, 6) is -0.204. The Morgan fingerprint density at radius 1 is 1.27 bits per heavy atom. The van der Waals surface area contributed by atoms with E-state index < -0.39 is 0 Å². The second-order valence-corrected chi connectivity index (χ2v) is 3.54. The van der Waals surface area contributed by atoms with Gasteiger partial charge in [0.2, 0.25) is 5.91 Å². The average molecular weight is 204 g/mol. The summed E-state index contributed by atoms with van der Waals surface area (Å²) in [4.78, 5) is 24.1. The topological polar surface area (TPSA) is 49.4 Å². The lowest BCUT2D eigenvalue weighted by molar-refractivity contribution is -0.120. The fraction of sp³-hybridized carbons (Fsp3) is 0.273. The molecule has 0 radical (unpaired) electrons. The Labute approximate surface area is 87.9 Å². The molecular formula is C11H12N2O2. The highest BCUT2D eigenvalue weighted by Crippen LogP contribution is 2.20. The van der Waals surface area contributed by atoms with Crippen LogP contribution in [0.3, 0.4) is 0 Å². The summed E-state index contributed by atoms with van der Waals surface area (Å²) in [5.41, 5.74) is 1.89. The zero-order chi connectivity index (χ0) is 10.8. The molecule has 2 rings (SSSR count). The summed E-state index contributed by atoms with van der Waals surface area (Å²) >= 11 is 0. The monoisotopic (exact) mass is 204 g/mol. The van der Waals surface area contributed by atoms with Gasteiger partial charge in [-0.3, -0.25) is 15.0 Å². The minimum atomic E-state index is -0.333. The molecule has 0 saturated carbocycles. The van der Waals surface area contributed by atoms with Gasteiger partial charge in [0.25, 0.3) is 0 Å². The van der Waals surface area contributed by atoms with Gasteiger partial charge in [-0.1, -0.05) is 18.2 Å². The van der Waals surface area contributed by atoms with Crippen molar-refractivity contribution in [1.82, 2.24) is 5.32 Å². The molecule has 1 aliphatic rings. The molecule has 0 atom stereocenters. The number of hydrogen-bond acceptors (Lipinski definition) is 2. The maximum absolute atomic E-state index is 11.6. The predicted octanol–water partition coefficient (Wildman–Crippen LogP) is 1.44. The van der Waals surface area contributed by atoms with Crippen molar-refractivity contribution >= 4 is 17.6 Å². The number of benzene rings is 1. The van der Waals surface area contributed by atoms with Crippen LogP contribution >= 0.6 is 0 Å². The number of carbonyl (C=O) groups is 2. The Morgan fingerprint density at radius 3 is 2.67 bits per heavy atom. The number of aryl methyl sites for hydroxylation is 1. The molecule has 78 valence electrons. The van der Waals surface area contributed by atoms with Gasteiger partial charge >= 0.3 is 6.03 Å². The van der Waals surface area contributed by atoms with Gasteiger partial charge in [-0.15, -0.1) is 0 Å². The first-order valence-electron chi connectivity index (χ1n) is 4.85. The van der Waals surface area contributed by atoms with E-state index in [0.29, 0.717) is 13.0 Å². The molecule has 1 fully saturated rings. The van der Waals surface area contributed by atoms with Crippen molar-refractivity contribution in [3.05, 3.63) is 29.8 Å². The van der Waals surface area contributed by atoms with Crippen LogP contribution in [0.25, 0.3) is 0 Å². The number of amides is 3. The van der Waals surface area contributed by atoms with Gasteiger partial charge < -0.3 is 0 Å². The zero-order valence-corrected chi connectivity index (χ0v) is 8.49. The molecule has 1 N–H and O–H groups in total. The molecule has 1 aliphatic heterocycles. The van der Waals surface area contributed by atoms with Gasteiger partial charge in [0.15, 0.2) is 0 Å². The molecule has 0 aliphatic carbocycles. The molecule has 4 heteroatoms. The van der Waals surface area contributed by atoms with Gasteiger partial charge in [-0.05, 0) is 18.6 Å². The van der Waals surface area contributed by atoms with Crippen molar-refractivity contribution in [1.29, 1.82) is 0 Å². The number of nitrogens with zero attached hydrogens (tertiary/aromatic N) is 1. The summed E-state index contributed by atoms with van der Waals surface area (Å²) in [6, 6.07) is 7.29. The molecule has 0 unspecified atom stereocenters. The molecule has 15 heavy (non-hydrogen) atoms. The Hall–Kier alpha value is -1.84. The minimum Gasteiger partial charge on any atom is -0.293 e. The van der Waals surface area contributed by atoms with Crippen molar-refractivity contribution in [3.63, 3.8) is 0 Å². The number of para-hydroxylation sites is 1. The number of imide groups is 1. The molecule has 3 amide bonds. The molecule has 1 aromatic rings. The van der Waals surface area contributed by atoms with Crippen LogP contribution in [0.2, 0.25) is 0 Å². The Morgan fingerprint density at radius 2 is 2.00 bits per heavy atom. The summed E-state index contributed by atoms with van der Waals surface area (Å²) in [6.07, 6.45) is 0.361. The van der Waals surface area contributed by atoms with Crippen LogP contribution in [0.5, 0.6) is 0 Å². The smallest absolute Gasteiger partial charge is 0.293 e. The highest BCUT2D eigenvalue weighted by molar-refractivity contribution is 6.05. The lowest BCUT2D eigenvalue weighted by atomic mass is 10.1. The lowest BCUT2D eigenvalue weighted by Crippen LogP contribution is -2.49. The number of anilines is 1. The van der Waals surface area contributed by atoms with Crippen molar-refractivity contribution in [2.45, 2.75) is 13.3 Å². The molecular weight excluding hydrogens is 192 g/mol. The first kappa shape index (κ1) is 9.71. The van der Waals surface area contributed by atoms with Crippen LogP contribution in [-0.2, 0) is 4.79 Å². The van der Waals surface area contributed by atoms with E-state index in [1.165, 1.54) is 0 Å². The molecule has 0 spiro atoms. The highest BCUT2D eigenvalue weighted by atomic mass is 16.2. The average Bonchev–Trinajstić information content (AvgIpc) is 2.20. The van der Waals surface area contributed by atoms with Gasteiger partial charge in [0, 0.05) is 18.7 Å². The standard InChI is InChI=1S/C11H12N2O2/c1-8-4-2-3-5-9(8)13-7-6-10(14)12-11(13)15/h2-5H,6-7H2,1H3,(H,12,14,15). The zero-order valence-electron chi connectivity index (χ0n) is 8.49. The second-order valence-electron chi connectivity index (χ2n) is 3.54. The van der Waals surface area contributed by atoms with E-state index in [1.54, 1.807) is 4.90 Å². The van der Waals surface area contributed by atoms with Gasteiger partial charge in [0.05, 0.1) is 0 Å². The van der Waals surface area contributed by atoms with Crippen LogP contribution in [0.1, 0.15) is 12.0 Å². The van der Waals surface area contributed by atoms with Crippen molar-refractivity contribution in [2.75, 3.05) is 11.4 Å². The number of hydrogen-bond donors (Lipinski definition) is 1. The normalized spacial score (nSPS) is 16.5. The van der Waals surface area contributed by atoms with Crippen molar-refractivity contribution in [2.24, 2.45) is 0 Å². The van der Waals surface area contributed by atoms with Crippen LogP contribution < -0.4 is 10.2 Å². The molecule has 0 aromatic heterocycles. The first-order chi connectivity index (χ1) is 7.18. The van der Waals surface area contributed by atoms with E-state index in [4.69, 9.17) is 0 Å². The van der Waals surface area contributed by atoms with Gasteiger partial charge in [-0.25, -0.2) is 4.79 Å². The maximum Gasteiger partial charge on any atom is 0.328 e. The lowest BCUT2D eigenvalue weighted by Gasteiger charge is -2.27. The number of rotatable bonds is 1. The number of carbonyl (C=O) groups excluding carboxylic acids is 2. The molecule has 1 saturated heterocycles. The third-order valence-electron chi connectivity index (χ3n) is 2.46. The quantitative estimate of drug-likeness (QED) is 0.752. The SMILES string of the molecule is Cc1ccccc1N1CCC(=O)NC1=O. The van der Waals surface area contributed by atoms with E-state index in [2.05, 4.69) is 5.32 Å². The minimum absolute atomic E-state index is 0.204. The van der Waals surface area contributed by atoms with Gasteiger partial charge in [0.1, 0.15) is 0 Å². The third kappa shape index (κ3) is 1.83. The van der Waals surface area contributed by atoms with Gasteiger partial charge in [-0.2, -0.15) is 0 Å². The van der Waals surface area contributed by atoms with Crippen LogP contribution in [0.4, 0.5) is 10.5 Å². The Kier molecular flexibility index (Phi) is 2.41. The van der Waals surface area contributed by atoms with Crippen LogP contribution in [0, 0.1) is 6.92 Å². The molecule has 1 heterocycles. The first-order valence-corrected chi connectivity index (χ1v) is 4.85. The Bertz CT molecular complexity index is 415. The molecule has 0 bridgehead atoms. The number of urea groups is 1. The fourth-order valence-corrected chi connectivity index (χ4v) is 1.66. The second kappa shape index (κ2) is 3.73. The van der Waals surface area contributed by atoms with E-state index in [0.717, 1.165) is 11.3 Å². The van der Waals surface area contributed by atoms with Crippen molar-refractivity contribution in [3.8, 4) is 0 Å². The van der Waals surface area contributed by atoms with Crippen LogP contribution in [-0.4, -0.2) is 18.5 Å². The van der Waals surface area contributed by atoms with Crippen LogP contribution in [0.15, 0.2) is 24.3 Å². The fourth-order valence-electron chi connectivity index (χ4n) is 1.66. The highest BCUT2D eigenvalue weighted by Gasteiger charge is 2.24. The summed E-state index contributed by atoms with van der Waals surface area (Å²) in [7, 11) is 0. The molecule has 1 aromatic carbocycles. The summed E-state index contributed by atoms with van der Waals surface area (Å²) < 4.78 is 0. The van der Waals surface area contributed by atoms with Crippen molar-refractivity contribution < 1.29 is 9.59 Å². The molecule has 4 nitrogen and oxygen atoms in total. The maximum atomic E-state index is 11.6. The largest absolute Gasteiger partial charge is 0.328 e. The Balaban J connectivity index is 2.28. The van der Waals surface area contributed by atoms with E-state index in [9.17, 15) is 9.59 Å². The van der Waals surface area contributed by atoms with E-state index in [1.807, 2.05) is 31.2 Å². The predicted molar refractivity (Wildman–Crippen MR) is 56.7 cm³/mol. The summed E-state index contributed by atoms with van der Waals surface area (Å²) in [6.45, 7) is 2.40.